The molecule has 7 nitrogen and oxygen atoms in total. The van der Waals surface area contributed by atoms with E-state index in [4.69, 9.17) is 9.26 Å². The number of piperidine rings is 1. The molecule has 168 valence electrons. The van der Waals surface area contributed by atoms with Crippen LogP contribution in [-0.4, -0.2) is 58.1 Å². The Balaban J connectivity index is 1.47. The highest BCUT2D eigenvalue weighted by molar-refractivity contribution is 5.76. The van der Waals surface area contributed by atoms with Gasteiger partial charge in [-0.15, -0.1) is 0 Å². The number of rotatable bonds is 3. The number of aromatic nitrogens is 2. The normalized spacial score (nSPS) is 21.6. The first-order valence-corrected chi connectivity index (χ1v) is 11.8. The Hall–Kier alpha value is -2.41. The van der Waals surface area contributed by atoms with Crippen LogP contribution in [0.2, 0.25) is 0 Å². The molecule has 1 saturated heterocycles. The molecular formula is C24H34N4O3. The van der Waals surface area contributed by atoms with Crippen LogP contribution in [-0.2, 0) is 24.2 Å². The van der Waals surface area contributed by atoms with Crippen LogP contribution in [0.15, 0.2) is 28.8 Å². The number of aryl methyl sites for hydroxylation is 2. The molecule has 1 aromatic carbocycles. The predicted molar refractivity (Wildman–Crippen MR) is 118 cm³/mol. The summed E-state index contributed by atoms with van der Waals surface area (Å²) in [6.07, 6.45) is 7.62. The third-order valence-electron chi connectivity index (χ3n) is 6.33. The van der Waals surface area contributed by atoms with Crippen molar-refractivity contribution >= 4 is 5.91 Å². The molecule has 1 unspecified atom stereocenters. The lowest BCUT2D eigenvalue weighted by molar-refractivity contribution is -0.135. The minimum Gasteiger partial charge on any atom is -0.492 e. The summed E-state index contributed by atoms with van der Waals surface area (Å²) in [4.78, 5) is 21.9. The third-order valence-corrected chi connectivity index (χ3v) is 6.33. The van der Waals surface area contributed by atoms with Crippen molar-refractivity contribution in [1.82, 2.24) is 19.9 Å². The summed E-state index contributed by atoms with van der Waals surface area (Å²) in [5.41, 5.74) is 1.28. The first-order valence-electron chi connectivity index (χ1n) is 11.8. The van der Waals surface area contributed by atoms with Gasteiger partial charge in [0.25, 0.3) is 0 Å². The highest BCUT2D eigenvalue weighted by atomic mass is 16.5. The van der Waals surface area contributed by atoms with Crippen LogP contribution in [0.5, 0.6) is 5.75 Å². The fourth-order valence-electron chi connectivity index (χ4n) is 4.61. The van der Waals surface area contributed by atoms with Gasteiger partial charge in [0.2, 0.25) is 11.8 Å². The average molecular weight is 427 g/mol. The van der Waals surface area contributed by atoms with Crippen LogP contribution in [0, 0.1) is 0 Å². The molecule has 1 amide bonds. The van der Waals surface area contributed by atoms with E-state index < -0.39 is 0 Å². The van der Waals surface area contributed by atoms with Crippen molar-refractivity contribution < 1.29 is 14.1 Å². The van der Waals surface area contributed by atoms with Crippen LogP contribution in [0.4, 0.5) is 0 Å². The number of benzene rings is 1. The van der Waals surface area contributed by atoms with Gasteiger partial charge in [0.1, 0.15) is 12.4 Å². The molecule has 0 saturated carbocycles. The summed E-state index contributed by atoms with van der Waals surface area (Å²) in [5, 5.41) is 4.10. The van der Waals surface area contributed by atoms with Gasteiger partial charge in [-0.25, -0.2) is 0 Å². The van der Waals surface area contributed by atoms with E-state index in [0.717, 1.165) is 63.9 Å². The molecule has 1 aromatic heterocycles. The Morgan fingerprint density at radius 3 is 2.90 bits per heavy atom. The van der Waals surface area contributed by atoms with Crippen LogP contribution < -0.4 is 4.74 Å². The van der Waals surface area contributed by atoms with Gasteiger partial charge in [-0.2, -0.15) is 4.98 Å². The molecule has 3 heterocycles. The van der Waals surface area contributed by atoms with Gasteiger partial charge in [0, 0.05) is 32.0 Å². The maximum absolute atomic E-state index is 13.0. The van der Waals surface area contributed by atoms with Crippen LogP contribution in [0.1, 0.15) is 62.7 Å². The van der Waals surface area contributed by atoms with Crippen molar-refractivity contribution in [2.24, 2.45) is 0 Å². The van der Waals surface area contributed by atoms with Crippen LogP contribution in [0.25, 0.3) is 0 Å². The Bertz CT molecular complexity index is 853. The maximum Gasteiger partial charge on any atom is 0.226 e. The lowest BCUT2D eigenvalue weighted by atomic mass is 9.95. The quantitative estimate of drug-likeness (QED) is 0.747. The number of nitrogens with zero attached hydrogens (tertiary/aromatic N) is 4. The number of amides is 1. The van der Waals surface area contributed by atoms with Crippen molar-refractivity contribution in [3.05, 3.63) is 41.5 Å². The summed E-state index contributed by atoms with van der Waals surface area (Å²) in [6, 6.07) is 8.75. The molecule has 7 heteroatoms. The average Bonchev–Trinajstić information content (AvgIpc) is 3.25. The van der Waals surface area contributed by atoms with Crippen molar-refractivity contribution in [2.45, 2.75) is 70.9 Å². The van der Waals surface area contributed by atoms with Gasteiger partial charge >= 0.3 is 0 Å². The Morgan fingerprint density at radius 2 is 2.03 bits per heavy atom. The molecule has 0 spiro atoms. The van der Waals surface area contributed by atoms with Gasteiger partial charge in [-0.1, -0.05) is 24.2 Å². The van der Waals surface area contributed by atoms with Gasteiger partial charge in [-0.3, -0.25) is 9.69 Å². The monoisotopic (exact) mass is 426 g/mol. The van der Waals surface area contributed by atoms with E-state index in [1.807, 2.05) is 13.0 Å². The molecule has 2 aliphatic rings. The van der Waals surface area contributed by atoms with Gasteiger partial charge < -0.3 is 14.2 Å². The molecule has 2 aliphatic heterocycles. The Labute approximate surface area is 184 Å². The first kappa shape index (κ1) is 21.8. The van der Waals surface area contributed by atoms with Gasteiger partial charge in [-0.05, 0) is 62.8 Å². The number of carbonyl (C=O) groups excluding carboxylic acids is 1. The number of hydrogen-bond acceptors (Lipinski definition) is 6. The highest BCUT2D eigenvalue weighted by Crippen LogP contribution is 2.24. The zero-order chi connectivity index (χ0) is 21.5. The summed E-state index contributed by atoms with van der Waals surface area (Å²) in [6.45, 7) is 5.66. The van der Waals surface area contributed by atoms with E-state index in [0.29, 0.717) is 43.2 Å². The van der Waals surface area contributed by atoms with Crippen LogP contribution in [0.3, 0.4) is 0 Å². The van der Waals surface area contributed by atoms with E-state index in [9.17, 15) is 4.79 Å². The van der Waals surface area contributed by atoms with E-state index in [2.05, 4.69) is 38.1 Å². The number of fused-ring (bicyclic) bond motifs is 3. The van der Waals surface area contributed by atoms with E-state index in [1.54, 1.807) is 0 Å². The molecule has 0 N–H and O–H groups in total. The topological polar surface area (TPSA) is 71.7 Å². The zero-order valence-corrected chi connectivity index (χ0v) is 18.6. The lowest BCUT2D eigenvalue weighted by Crippen LogP contribution is -2.44. The third kappa shape index (κ3) is 6.06. The molecule has 2 aromatic rings. The fraction of sp³-hybridized carbons (Fsp3) is 0.625. The summed E-state index contributed by atoms with van der Waals surface area (Å²) >= 11 is 0. The summed E-state index contributed by atoms with van der Waals surface area (Å²) in [5.74, 6) is 2.57. The van der Waals surface area contributed by atoms with Crippen molar-refractivity contribution in [1.29, 1.82) is 0 Å². The zero-order valence-electron chi connectivity index (χ0n) is 18.6. The van der Waals surface area contributed by atoms with Crippen LogP contribution >= 0.6 is 0 Å². The molecule has 0 radical (unpaired) electrons. The van der Waals surface area contributed by atoms with Gasteiger partial charge in [0.15, 0.2) is 5.82 Å². The summed E-state index contributed by atoms with van der Waals surface area (Å²) in [7, 11) is 0. The molecular weight excluding hydrogens is 392 g/mol. The molecule has 31 heavy (non-hydrogen) atoms. The minimum absolute atomic E-state index is 0.303. The Kier molecular flexibility index (Phi) is 7.57. The van der Waals surface area contributed by atoms with Gasteiger partial charge in [0.05, 0.1) is 6.54 Å². The molecule has 4 rings (SSSR count). The fourth-order valence-corrected chi connectivity index (χ4v) is 4.61. The molecule has 0 aliphatic carbocycles. The SMILES string of the molecule is CCc1nc(CN2CCCC(=O)N3CCCCC3CCc3cccc(c3)OCC2)no1. The largest absolute Gasteiger partial charge is 0.492 e. The summed E-state index contributed by atoms with van der Waals surface area (Å²) < 4.78 is 11.3. The van der Waals surface area contributed by atoms with E-state index in [1.165, 1.54) is 12.0 Å². The molecule has 1 atom stereocenters. The molecule has 1 fully saturated rings. The number of ether oxygens (including phenoxy) is 1. The second-order valence-electron chi connectivity index (χ2n) is 8.61. The number of hydrogen-bond donors (Lipinski definition) is 0. The highest BCUT2D eigenvalue weighted by Gasteiger charge is 2.26. The van der Waals surface area contributed by atoms with Crippen molar-refractivity contribution in [3.63, 3.8) is 0 Å². The van der Waals surface area contributed by atoms with Crippen molar-refractivity contribution in [3.8, 4) is 5.75 Å². The minimum atomic E-state index is 0.303. The second-order valence-corrected chi connectivity index (χ2v) is 8.61. The smallest absolute Gasteiger partial charge is 0.226 e. The van der Waals surface area contributed by atoms with E-state index >= 15 is 0 Å². The van der Waals surface area contributed by atoms with Crippen molar-refractivity contribution in [2.75, 3.05) is 26.2 Å². The lowest BCUT2D eigenvalue weighted by Gasteiger charge is -2.36. The second kappa shape index (κ2) is 10.8. The first-order chi connectivity index (χ1) is 15.2. The maximum atomic E-state index is 13.0. The molecule has 2 bridgehead atoms. The standard InChI is InChI=1S/C24H34N4O3/c1-2-23-25-22(26-31-23)18-27-13-6-10-24(29)28-14-4-3-8-20(28)12-11-19-7-5-9-21(17-19)30-16-15-27/h5,7,9,17,20H,2-4,6,8,10-16,18H2,1H3. The Morgan fingerprint density at radius 1 is 1.10 bits per heavy atom. The van der Waals surface area contributed by atoms with E-state index in [-0.39, 0.29) is 0 Å². The number of carbonyl (C=O) groups is 1. The predicted octanol–water partition coefficient (Wildman–Crippen LogP) is 3.62.